The van der Waals surface area contributed by atoms with Gasteiger partial charge in [-0.05, 0) is 31.0 Å². The lowest BCUT2D eigenvalue weighted by Crippen LogP contribution is -2.41. The number of aliphatic carboxylic acids is 1. The molecule has 2 N–H and O–H groups in total. The molecule has 1 unspecified atom stereocenters. The van der Waals surface area contributed by atoms with Crippen LogP contribution in [-0.4, -0.2) is 41.0 Å². The number of carbonyl (C=O) groups is 2. The zero-order valence-electron chi connectivity index (χ0n) is 12.3. The molecule has 1 aromatic rings. The monoisotopic (exact) mass is 344 g/mol. The van der Waals surface area contributed by atoms with Gasteiger partial charge >= 0.3 is 5.97 Å². The van der Waals surface area contributed by atoms with Gasteiger partial charge in [0.2, 0.25) is 5.91 Å². The molecule has 0 spiro atoms. The Labute approximate surface area is 139 Å². The third kappa shape index (κ3) is 3.72. The van der Waals surface area contributed by atoms with Crippen molar-refractivity contribution in [3.8, 4) is 0 Å². The van der Waals surface area contributed by atoms with Crippen molar-refractivity contribution in [2.75, 3.05) is 18.4 Å². The predicted molar refractivity (Wildman–Crippen MR) is 86.4 cm³/mol. The molecule has 1 aromatic carbocycles. The smallest absolute Gasteiger partial charge is 0.308 e. The molecule has 0 aromatic heterocycles. The molecule has 2 rings (SSSR count). The van der Waals surface area contributed by atoms with Gasteiger partial charge in [0.15, 0.2) is 0 Å². The van der Waals surface area contributed by atoms with E-state index in [-0.39, 0.29) is 11.8 Å². The van der Waals surface area contributed by atoms with E-state index in [2.05, 4.69) is 5.32 Å². The number of nitrogens with one attached hydrogen (secondary N) is 1. The van der Waals surface area contributed by atoms with Crippen LogP contribution in [0, 0.1) is 11.8 Å². The van der Waals surface area contributed by atoms with Gasteiger partial charge in [0.1, 0.15) is 0 Å². The zero-order chi connectivity index (χ0) is 16.4. The number of halogens is 2. The van der Waals surface area contributed by atoms with E-state index in [1.807, 2.05) is 11.8 Å². The van der Waals surface area contributed by atoms with E-state index < -0.39 is 17.9 Å². The number of hydrogen-bond acceptors (Lipinski definition) is 3. The largest absolute Gasteiger partial charge is 0.481 e. The third-order valence-corrected chi connectivity index (χ3v) is 4.64. The van der Waals surface area contributed by atoms with Crippen LogP contribution in [-0.2, 0) is 9.59 Å². The van der Waals surface area contributed by atoms with Crippen LogP contribution in [0.25, 0.3) is 0 Å². The first-order valence-electron chi connectivity index (χ1n) is 7.02. The van der Waals surface area contributed by atoms with Crippen LogP contribution in [0.1, 0.15) is 13.8 Å². The molecule has 120 valence electrons. The van der Waals surface area contributed by atoms with E-state index in [1.54, 1.807) is 25.1 Å². The van der Waals surface area contributed by atoms with E-state index in [9.17, 15) is 9.59 Å². The topological polar surface area (TPSA) is 69.6 Å². The fraction of sp³-hybridized carbons (Fsp3) is 0.467. The maximum absolute atomic E-state index is 12.3. The molecule has 22 heavy (non-hydrogen) atoms. The molecular formula is C15H18Cl2N2O3. The van der Waals surface area contributed by atoms with Crippen LogP contribution < -0.4 is 5.32 Å². The lowest BCUT2D eigenvalue weighted by atomic mass is 9.99. The summed E-state index contributed by atoms with van der Waals surface area (Å²) in [6.45, 7) is 4.59. The average molecular weight is 345 g/mol. The van der Waals surface area contributed by atoms with Crippen molar-refractivity contribution in [2.24, 2.45) is 11.8 Å². The van der Waals surface area contributed by atoms with Crippen molar-refractivity contribution in [3.05, 3.63) is 28.2 Å². The molecule has 1 aliphatic heterocycles. The Morgan fingerprint density at radius 2 is 2.05 bits per heavy atom. The number of hydrogen-bond donors (Lipinski definition) is 2. The molecule has 5 nitrogen and oxygen atoms in total. The molecular weight excluding hydrogens is 327 g/mol. The molecule has 3 atom stereocenters. The molecule has 7 heteroatoms. The second-order valence-electron chi connectivity index (χ2n) is 5.67. The van der Waals surface area contributed by atoms with E-state index >= 15 is 0 Å². The molecule has 1 fully saturated rings. The van der Waals surface area contributed by atoms with Crippen molar-refractivity contribution in [1.82, 2.24) is 4.90 Å². The van der Waals surface area contributed by atoms with E-state index in [0.29, 0.717) is 28.8 Å². The molecule has 0 radical (unpaired) electrons. The number of nitrogens with zero attached hydrogens (tertiary/aromatic N) is 1. The van der Waals surface area contributed by atoms with Crippen LogP contribution in [0.5, 0.6) is 0 Å². The van der Waals surface area contributed by atoms with Crippen molar-refractivity contribution < 1.29 is 14.7 Å². The van der Waals surface area contributed by atoms with Gasteiger partial charge in [0.25, 0.3) is 0 Å². The Hall–Kier alpha value is -1.30. The number of likely N-dealkylation sites (tertiary alicyclic amines) is 1. The lowest BCUT2D eigenvalue weighted by molar-refractivity contribution is -0.142. The van der Waals surface area contributed by atoms with Crippen LogP contribution in [0.4, 0.5) is 5.69 Å². The minimum Gasteiger partial charge on any atom is -0.481 e. The number of rotatable bonds is 4. The zero-order valence-corrected chi connectivity index (χ0v) is 13.9. The maximum atomic E-state index is 12.3. The molecule has 1 saturated heterocycles. The standard InChI is InChI=1S/C15H18Cl2N2O3/c1-8-6-19(7-11(8)15(21)22)9(2)14(20)18-13-5-10(16)3-4-12(13)17/h3-5,8-9,11H,6-7H2,1-2H3,(H,18,20)(H,21,22)/t8-,9?,11-/m1/s1. The molecule has 1 heterocycles. The van der Waals surface area contributed by atoms with Gasteiger partial charge in [0, 0.05) is 18.1 Å². The Morgan fingerprint density at radius 3 is 2.64 bits per heavy atom. The van der Waals surface area contributed by atoms with E-state index in [1.165, 1.54) is 0 Å². The minimum atomic E-state index is -0.819. The van der Waals surface area contributed by atoms with E-state index in [0.717, 1.165) is 0 Å². The Bertz CT molecular complexity index is 594. The average Bonchev–Trinajstić information content (AvgIpc) is 2.84. The number of carboxylic acid groups (broad SMARTS) is 1. The molecule has 0 bridgehead atoms. The highest BCUT2D eigenvalue weighted by Gasteiger charge is 2.38. The summed E-state index contributed by atoms with van der Waals surface area (Å²) in [6, 6.07) is 4.40. The Balaban J connectivity index is 2.04. The van der Waals surface area contributed by atoms with Gasteiger partial charge < -0.3 is 10.4 Å². The highest BCUT2D eigenvalue weighted by molar-refractivity contribution is 6.35. The number of carboxylic acids is 1. The van der Waals surface area contributed by atoms with Gasteiger partial charge in [-0.25, -0.2) is 0 Å². The summed E-state index contributed by atoms with van der Waals surface area (Å²) in [5.41, 5.74) is 0.452. The van der Waals surface area contributed by atoms with Gasteiger partial charge in [0.05, 0.1) is 22.7 Å². The molecule has 0 aliphatic carbocycles. The van der Waals surface area contributed by atoms with Crippen molar-refractivity contribution in [3.63, 3.8) is 0 Å². The first-order chi connectivity index (χ1) is 10.3. The highest BCUT2D eigenvalue weighted by Crippen LogP contribution is 2.28. The number of anilines is 1. The predicted octanol–water partition coefficient (Wildman–Crippen LogP) is 2.97. The first-order valence-corrected chi connectivity index (χ1v) is 7.78. The summed E-state index contributed by atoms with van der Waals surface area (Å²) >= 11 is 11.9. The summed E-state index contributed by atoms with van der Waals surface area (Å²) in [5.74, 6) is -1.48. The van der Waals surface area contributed by atoms with Gasteiger partial charge in [-0.15, -0.1) is 0 Å². The molecule has 1 aliphatic rings. The second-order valence-corrected chi connectivity index (χ2v) is 6.51. The van der Waals surface area contributed by atoms with Crippen LogP contribution in [0.3, 0.4) is 0 Å². The molecule has 0 saturated carbocycles. The normalized spacial score (nSPS) is 23.3. The highest BCUT2D eigenvalue weighted by atomic mass is 35.5. The van der Waals surface area contributed by atoms with Gasteiger partial charge in [-0.3, -0.25) is 14.5 Å². The summed E-state index contributed by atoms with van der Waals surface area (Å²) in [5, 5.41) is 12.8. The Kier molecular flexibility index (Phi) is 5.32. The van der Waals surface area contributed by atoms with E-state index in [4.69, 9.17) is 28.3 Å². The fourth-order valence-corrected chi connectivity index (χ4v) is 2.98. The quantitative estimate of drug-likeness (QED) is 0.880. The van der Waals surface area contributed by atoms with Crippen molar-refractivity contribution in [1.29, 1.82) is 0 Å². The summed E-state index contributed by atoms with van der Waals surface area (Å²) in [6.07, 6.45) is 0. The maximum Gasteiger partial charge on any atom is 0.308 e. The number of benzene rings is 1. The summed E-state index contributed by atoms with van der Waals surface area (Å²) < 4.78 is 0. The summed E-state index contributed by atoms with van der Waals surface area (Å²) in [4.78, 5) is 25.4. The number of carbonyl (C=O) groups excluding carboxylic acids is 1. The van der Waals surface area contributed by atoms with Gasteiger partial charge in [-0.1, -0.05) is 30.1 Å². The Morgan fingerprint density at radius 1 is 1.36 bits per heavy atom. The number of amides is 1. The first kappa shape index (κ1) is 17.1. The summed E-state index contributed by atoms with van der Waals surface area (Å²) in [7, 11) is 0. The van der Waals surface area contributed by atoms with Crippen LogP contribution >= 0.6 is 23.2 Å². The third-order valence-electron chi connectivity index (χ3n) is 4.07. The minimum absolute atomic E-state index is 0.0162. The lowest BCUT2D eigenvalue weighted by Gasteiger charge is -2.23. The van der Waals surface area contributed by atoms with Crippen molar-refractivity contribution >= 4 is 40.8 Å². The fourth-order valence-electron chi connectivity index (χ4n) is 2.64. The van der Waals surface area contributed by atoms with Crippen molar-refractivity contribution in [2.45, 2.75) is 19.9 Å². The van der Waals surface area contributed by atoms with Crippen LogP contribution in [0.15, 0.2) is 18.2 Å². The second kappa shape index (κ2) is 6.86. The SMILES string of the molecule is CC(C(=O)Nc1cc(Cl)ccc1Cl)N1C[C@@H](C)[C@H](C(=O)O)C1. The van der Waals surface area contributed by atoms with Gasteiger partial charge in [-0.2, -0.15) is 0 Å². The van der Waals surface area contributed by atoms with Crippen LogP contribution in [0.2, 0.25) is 10.0 Å². The molecule has 1 amide bonds.